The molecule has 5 heteroatoms. The summed E-state index contributed by atoms with van der Waals surface area (Å²) < 4.78 is 19.0. The highest BCUT2D eigenvalue weighted by Crippen LogP contribution is 2.13. The van der Waals surface area contributed by atoms with Crippen molar-refractivity contribution in [3.63, 3.8) is 0 Å². The third kappa shape index (κ3) is 1.56. The summed E-state index contributed by atoms with van der Waals surface area (Å²) in [5.74, 6) is 0.228. The van der Waals surface area contributed by atoms with E-state index in [1.54, 1.807) is 25.6 Å². The summed E-state index contributed by atoms with van der Waals surface area (Å²) in [5, 5.41) is 3.81. The fraction of sp³-hybridized carbons (Fsp3) is 0.111. The van der Waals surface area contributed by atoms with Gasteiger partial charge in [0, 0.05) is 6.07 Å². The molecule has 2 aromatic rings. The SMILES string of the molecule is COc1cncc(-n2cc(F)cn2)c1. The van der Waals surface area contributed by atoms with Crippen molar-refractivity contribution in [3.05, 3.63) is 36.7 Å². The maximum atomic E-state index is 12.7. The van der Waals surface area contributed by atoms with Crippen LogP contribution in [0.4, 0.5) is 4.39 Å². The lowest BCUT2D eigenvalue weighted by atomic mass is 10.4. The largest absolute Gasteiger partial charge is 0.495 e. The third-order valence-electron chi connectivity index (χ3n) is 1.75. The molecule has 2 rings (SSSR count). The molecule has 0 spiro atoms. The van der Waals surface area contributed by atoms with Crippen LogP contribution in [0, 0.1) is 5.82 Å². The van der Waals surface area contributed by atoms with Gasteiger partial charge in [0.1, 0.15) is 5.75 Å². The van der Waals surface area contributed by atoms with Gasteiger partial charge < -0.3 is 4.74 Å². The van der Waals surface area contributed by atoms with Crippen molar-refractivity contribution in [2.45, 2.75) is 0 Å². The average Bonchev–Trinajstić information content (AvgIpc) is 2.65. The van der Waals surface area contributed by atoms with Gasteiger partial charge in [-0.05, 0) is 0 Å². The molecule has 0 N–H and O–H groups in total. The second-order valence-corrected chi connectivity index (χ2v) is 2.69. The zero-order chi connectivity index (χ0) is 9.97. The summed E-state index contributed by atoms with van der Waals surface area (Å²) in [6, 6.07) is 1.72. The topological polar surface area (TPSA) is 39.9 Å². The van der Waals surface area contributed by atoms with Crippen molar-refractivity contribution in [1.29, 1.82) is 0 Å². The molecule has 0 fully saturated rings. The van der Waals surface area contributed by atoms with Crippen LogP contribution in [0.25, 0.3) is 5.69 Å². The van der Waals surface area contributed by atoms with Crippen molar-refractivity contribution in [2.24, 2.45) is 0 Å². The highest BCUT2D eigenvalue weighted by atomic mass is 19.1. The van der Waals surface area contributed by atoms with E-state index in [-0.39, 0.29) is 5.82 Å². The first-order valence-electron chi connectivity index (χ1n) is 3.99. The van der Waals surface area contributed by atoms with Crippen molar-refractivity contribution in [3.8, 4) is 11.4 Å². The molecule has 0 aromatic carbocycles. The minimum Gasteiger partial charge on any atom is -0.495 e. The lowest BCUT2D eigenvalue weighted by molar-refractivity contribution is 0.412. The Bertz CT molecular complexity index is 441. The lowest BCUT2D eigenvalue weighted by Crippen LogP contribution is -1.95. The van der Waals surface area contributed by atoms with Gasteiger partial charge in [-0.3, -0.25) is 4.98 Å². The van der Waals surface area contributed by atoms with Crippen molar-refractivity contribution < 1.29 is 9.13 Å². The van der Waals surface area contributed by atoms with Crippen LogP contribution in [0.15, 0.2) is 30.9 Å². The predicted molar refractivity (Wildman–Crippen MR) is 47.9 cm³/mol. The Morgan fingerprint density at radius 1 is 1.36 bits per heavy atom. The average molecular weight is 193 g/mol. The van der Waals surface area contributed by atoms with Crippen LogP contribution in [-0.2, 0) is 0 Å². The number of ether oxygens (including phenoxy) is 1. The van der Waals surface area contributed by atoms with Gasteiger partial charge in [-0.2, -0.15) is 5.10 Å². The lowest BCUT2D eigenvalue weighted by Gasteiger charge is -2.02. The van der Waals surface area contributed by atoms with Gasteiger partial charge in [0.05, 0.1) is 37.6 Å². The maximum Gasteiger partial charge on any atom is 0.161 e. The van der Waals surface area contributed by atoms with Gasteiger partial charge in [0.15, 0.2) is 5.82 Å². The summed E-state index contributed by atoms with van der Waals surface area (Å²) >= 11 is 0. The monoisotopic (exact) mass is 193 g/mol. The summed E-state index contributed by atoms with van der Waals surface area (Å²) in [6.45, 7) is 0. The fourth-order valence-electron chi connectivity index (χ4n) is 1.09. The molecule has 0 unspecified atom stereocenters. The third-order valence-corrected chi connectivity index (χ3v) is 1.75. The molecule has 0 radical (unpaired) electrons. The molecule has 0 aliphatic heterocycles. The minimum atomic E-state index is -0.382. The molecule has 0 bridgehead atoms. The molecule has 14 heavy (non-hydrogen) atoms. The number of nitrogens with zero attached hydrogens (tertiary/aromatic N) is 3. The molecule has 0 aliphatic carbocycles. The zero-order valence-corrected chi connectivity index (χ0v) is 7.51. The second-order valence-electron chi connectivity index (χ2n) is 2.69. The predicted octanol–water partition coefficient (Wildman–Crippen LogP) is 1.41. The first kappa shape index (κ1) is 8.68. The van der Waals surface area contributed by atoms with Gasteiger partial charge >= 0.3 is 0 Å². The Morgan fingerprint density at radius 2 is 2.21 bits per heavy atom. The van der Waals surface area contributed by atoms with Crippen LogP contribution >= 0.6 is 0 Å². The molecule has 0 amide bonds. The molecule has 0 saturated heterocycles. The number of hydrogen-bond acceptors (Lipinski definition) is 3. The summed E-state index contributed by atoms with van der Waals surface area (Å²) in [4.78, 5) is 3.93. The molecule has 4 nitrogen and oxygen atoms in total. The molecule has 0 saturated carbocycles. The highest BCUT2D eigenvalue weighted by molar-refractivity contribution is 5.34. The minimum absolute atomic E-state index is 0.382. The quantitative estimate of drug-likeness (QED) is 0.724. The first-order valence-corrected chi connectivity index (χ1v) is 3.99. The Balaban J connectivity index is 2.41. The van der Waals surface area contributed by atoms with Crippen LogP contribution in [0.2, 0.25) is 0 Å². The Hall–Kier alpha value is -1.91. The van der Waals surface area contributed by atoms with E-state index in [1.165, 1.54) is 10.9 Å². The van der Waals surface area contributed by atoms with E-state index in [1.807, 2.05) is 0 Å². The van der Waals surface area contributed by atoms with Gasteiger partial charge in [0.25, 0.3) is 0 Å². The van der Waals surface area contributed by atoms with E-state index in [9.17, 15) is 4.39 Å². The van der Waals surface area contributed by atoms with E-state index < -0.39 is 0 Å². The van der Waals surface area contributed by atoms with Gasteiger partial charge in [-0.1, -0.05) is 0 Å². The number of halogens is 1. The van der Waals surface area contributed by atoms with Crippen LogP contribution in [-0.4, -0.2) is 21.9 Å². The number of hydrogen-bond donors (Lipinski definition) is 0. The summed E-state index contributed by atoms with van der Waals surface area (Å²) in [7, 11) is 1.55. The second kappa shape index (κ2) is 3.45. The standard InChI is InChI=1S/C9H8FN3O/c1-14-9-2-8(4-11-5-9)13-6-7(10)3-12-13/h2-6H,1H3. The van der Waals surface area contributed by atoms with Crippen LogP contribution < -0.4 is 4.74 Å². The van der Waals surface area contributed by atoms with Gasteiger partial charge in [0.2, 0.25) is 0 Å². The molecular formula is C9H8FN3O. The molecule has 2 aromatic heterocycles. The number of aromatic nitrogens is 3. The Kier molecular flexibility index (Phi) is 2.14. The van der Waals surface area contributed by atoms with Gasteiger partial charge in [-0.15, -0.1) is 0 Å². The van der Waals surface area contributed by atoms with Crippen molar-refractivity contribution in [1.82, 2.24) is 14.8 Å². The summed E-state index contributed by atoms with van der Waals surface area (Å²) in [5.41, 5.74) is 0.660. The molecule has 0 atom stereocenters. The van der Waals surface area contributed by atoms with Gasteiger partial charge in [-0.25, -0.2) is 9.07 Å². The Labute approximate surface area is 80.0 Å². The summed E-state index contributed by atoms with van der Waals surface area (Å²) in [6.07, 6.45) is 5.56. The molecule has 72 valence electrons. The van der Waals surface area contributed by atoms with Crippen LogP contribution in [0.5, 0.6) is 5.75 Å². The highest BCUT2D eigenvalue weighted by Gasteiger charge is 2.01. The zero-order valence-electron chi connectivity index (χ0n) is 7.51. The first-order chi connectivity index (χ1) is 6.79. The Morgan fingerprint density at radius 3 is 2.86 bits per heavy atom. The smallest absolute Gasteiger partial charge is 0.161 e. The van der Waals surface area contributed by atoms with E-state index >= 15 is 0 Å². The number of pyridine rings is 1. The normalized spacial score (nSPS) is 10.1. The fourth-order valence-corrected chi connectivity index (χ4v) is 1.09. The maximum absolute atomic E-state index is 12.7. The van der Waals surface area contributed by atoms with E-state index in [4.69, 9.17) is 4.74 Å². The van der Waals surface area contributed by atoms with Crippen molar-refractivity contribution in [2.75, 3.05) is 7.11 Å². The van der Waals surface area contributed by atoms with E-state index in [2.05, 4.69) is 10.1 Å². The van der Waals surface area contributed by atoms with Crippen LogP contribution in [0.1, 0.15) is 0 Å². The van der Waals surface area contributed by atoms with E-state index in [0.29, 0.717) is 11.4 Å². The molecule has 2 heterocycles. The van der Waals surface area contributed by atoms with Crippen molar-refractivity contribution >= 4 is 0 Å². The van der Waals surface area contributed by atoms with E-state index in [0.717, 1.165) is 6.20 Å². The van der Waals surface area contributed by atoms with Crippen LogP contribution in [0.3, 0.4) is 0 Å². The number of rotatable bonds is 2. The molecule has 0 aliphatic rings. The number of methoxy groups -OCH3 is 1. The molecular weight excluding hydrogens is 185 g/mol.